The van der Waals surface area contributed by atoms with Gasteiger partial charge in [0, 0.05) is 19.4 Å². The van der Waals surface area contributed by atoms with Gasteiger partial charge >= 0.3 is 0 Å². The van der Waals surface area contributed by atoms with Crippen LogP contribution in [0.15, 0.2) is 30.0 Å². The predicted molar refractivity (Wildman–Crippen MR) is 49.9 cm³/mol. The van der Waals surface area contributed by atoms with Crippen molar-refractivity contribution in [3.05, 3.63) is 25.1 Å². The van der Waals surface area contributed by atoms with Crippen molar-refractivity contribution in [2.75, 3.05) is 7.05 Å². The maximum absolute atomic E-state index is 3.97. The molecule has 50 valence electrons. The van der Waals surface area contributed by atoms with Crippen LogP contribution in [0.1, 0.15) is 0 Å². The fourth-order valence-electron chi connectivity index (χ4n) is 0.236. The average molecular weight is 236 g/mol. The fourth-order valence-corrected chi connectivity index (χ4v) is 0.397. The average Bonchev–Trinajstić information content (AvgIpc) is 1.89. The molecular weight excluding hydrogens is 227 g/mol. The normalized spacial score (nSPS) is 12.0. The summed E-state index contributed by atoms with van der Waals surface area (Å²) in [6.45, 7) is 3.55. The number of aliphatic imine (C=N–C) groups is 1. The number of hydrogen-bond donors (Lipinski definition) is 1. The molecule has 0 aromatic heterocycles. The van der Waals surface area contributed by atoms with Crippen LogP contribution in [-0.4, -0.2) is 10.8 Å². The Morgan fingerprint density at radius 1 is 1.78 bits per heavy atom. The van der Waals surface area contributed by atoms with Gasteiger partial charge in [-0.25, -0.2) is 4.99 Å². The van der Waals surface area contributed by atoms with Crippen LogP contribution in [0.3, 0.4) is 0 Å². The molecule has 2 nitrogen and oxygen atoms in total. The standard InChI is InChI=1S/C6H9IN2/c1-3-6(7)9-5-4-8-2/h3-5,8H,1H2,2H3/b5-4-,9-6?. The van der Waals surface area contributed by atoms with Crippen molar-refractivity contribution in [1.29, 1.82) is 0 Å². The maximum Gasteiger partial charge on any atom is 0.100 e. The maximum atomic E-state index is 3.97. The van der Waals surface area contributed by atoms with Gasteiger partial charge in [0.05, 0.1) is 0 Å². The van der Waals surface area contributed by atoms with E-state index in [1.807, 2.05) is 7.05 Å². The molecule has 0 amide bonds. The lowest BCUT2D eigenvalue weighted by Crippen LogP contribution is -1.90. The van der Waals surface area contributed by atoms with Gasteiger partial charge in [-0.05, 0) is 28.7 Å². The van der Waals surface area contributed by atoms with Gasteiger partial charge in [0.15, 0.2) is 0 Å². The first kappa shape index (κ1) is 8.68. The first-order valence-electron chi connectivity index (χ1n) is 2.49. The van der Waals surface area contributed by atoms with Crippen molar-refractivity contribution in [1.82, 2.24) is 5.32 Å². The molecule has 1 N–H and O–H groups in total. The van der Waals surface area contributed by atoms with Crippen LogP contribution in [-0.2, 0) is 0 Å². The number of rotatable bonds is 3. The molecule has 0 atom stereocenters. The Labute approximate surface area is 68.9 Å². The third-order valence-corrected chi connectivity index (χ3v) is 1.33. The zero-order chi connectivity index (χ0) is 7.11. The Hall–Kier alpha value is -0.320. The summed E-state index contributed by atoms with van der Waals surface area (Å²) in [7, 11) is 1.83. The highest BCUT2D eigenvalue weighted by molar-refractivity contribution is 14.1. The summed E-state index contributed by atoms with van der Waals surface area (Å²) in [5.74, 6) is 0. The van der Waals surface area contributed by atoms with Crippen LogP contribution in [0.4, 0.5) is 0 Å². The van der Waals surface area contributed by atoms with Crippen LogP contribution in [0.2, 0.25) is 0 Å². The lowest BCUT2D eigenvalue weighted by molar-refractivity contribution is 1.09. The second-order valence-electron chi connectivity index (χ2n) is 1.26. The highest BCUT2D eigenvalue weighted by Gasteiger charge is 1.75. The van der Waals surface area contributed by atoms with Crippen LogP contribution >= 0.6 is 22.6 Å². The van der Waals surface area contributed by atoms with E-state index in [-0.39, 0.29) is 0 Å². The van der Waals surface area contributed by atoms with Crippen molar-refractivity contribution in [2.45, 2.75) is 0 Å². The van der Waals surface area contributed by atoms with E-state index in [2.05, 4.69) is 39.5 Å². The summed E-state index contributed by atoms with van der Waals surface area (Å²) < 4.78 is 0.888. The van der Waals surface area contributed by atoms with E-state index < -0.39 is 0 Å². The van der Waals surface area contributed by atoms with E-state index in [9.17, 15) is 0 Å². The molecule has 0 aliphatic heterocycles. The topological polar surface area (TPSA) is 24.4 Å². The number of hydrogen-bond acceptors (Lipinski definition) is 2. The third kappa shape index (κ3) is 5.55. The van der Waals surface area contributed by atoms with Gasteiger partial charge in [-0.3, -0.25) is 0 Å². The minimum absolute atomic E-state index is 0.888. The van der Waals surface area contributed by atoms with E-state index in [0.717, 1.165) is 3.72 Å². The second kappa shape index (κ2) is 5.81. The SMILES string of the molecule is C=CC(I)=N/C=C\NC. The molecule has 3 heteroatoms. The number of nitrogens with one attached hydrogen (secondary N) is 1. The van der Waals surface area contributed by atoms with Crippen molar-refractivity contribution < 1.29 is 0 Å². The number of nitrogens with zero attached hydrogens (tertiary/aromatic N) is 1. The Kier molecular flexibility index (Phi) is 5.60. The first-order valence-corrected chi connectivity index (χ1v) is 3.57. The molecule has 0 bridgehead atoms. The zero-order valence-corrected chi connectivity index (χ0v) is 7.42. The summed E-state index contributed by atoms with van der Waals surface area (Å²) in [5.41, 5.74) is 0. The van der Waals surface area contributed by atoms with Gasteiger partial charge in [0.1, 0.15) is 3.72 Å². The predicted octanol–water partition coefficient (Wildman–Crippen LogP) is 1.70. The Morgan fingerprint density at radius 3 is 2.89 bits per heavy atom. The molecule has 0 radical (unpaired) electrons. The van der Waals surface area contributed by atoms with Crippen LogP contribution < -0.4 is 5.32 Å². The van der Waals surface area contributed by atoms with Gasteiger partial charge in [0.25, 0.3) is 0 Å². The first-order chi connectivity index (χ1) is 4.31. The number of halogens is 1. The van der Waals surface area contributed by atoms with Gasteiger partial charge in [-0.2, -0.15) is 0 Å². The molecule has 0 aliphatic carbocycles. The fraction of sp³-hybridized carbons (Fsp3) is 0.167. The van der Waals surface area contributed by atoms with E-state index >= 15 is 0 Å². The van der Waals surface area contributed by atoms with Gasteiger partial charge in [-0.15, -0.1) is 0 Å². The van der Waals surface area contributed by atoms with Crippen LogP contribution in [0.5, 0.6) is 0 Å². The van der Waals surface area contributed by atoms with E-state index in [1.54, 1.807) is 18.5 Å². The lowest BCUT2D eigenvalue weighted by Gasteiger charge is -1.82. The van der Waals surface area contributed by atoms with Crippen molar-refractivity contribution >= 4 is 26.3 Å². The Bertz CT molecular complexity index is 138. The smallest absolute Gasteiger partial charge is 0.100 e. The number of allylic oxidation sites excluding steroid dienone is 1. The molecular formula is C6H9IN2. The van der Waals surface area contributed by atoms with E-state index in [0.29, 0.717) is 0 Å². The van der Waals surface area contributed by atoms with Crippen molar-refractivity contribution in [3.8, 4) is 0 Å². The van der Waals surface area contributed by atoms with Crippen LogP contribution in [0.25, 0.3) is 0 Å². The zero-order valence-electron chi connectivity index (χ0n) is 5.26. The Morgan fingerprint density at radius 2 is 2.44 bits per heavy atom. The molecule has 0 saturated heterocycles. The summed E-state index contributed by atoms with van der Waals surface area (Å²) in [6, 6.07) is 0. The monoisotopic (exact) mass is 236 g/mol. The summed E-state index contributed by atoms with van der Waals surface area (Å²) >= 11 is 2.10. The molecule has 0 spiro atoms. The minimum Gasteiger partial charge on any atom is -0.393 e. The van der Waals surface area contributed by atoms with Crippen LogP contribution in [0, 0.1) is 0 Å². The highest BCUT2D eigenvalue weighted by atomic mass is 127. The summed E-state index contributed by atoms with van der Waals surface area (Å²) in [4.78, 5) is 3.97. The Balaban J connectivity index is 3.68. The molecule has 0 aromatic rings. The van der Waals surface area contributed by atoms with Crippen molar-refractivity contribution in [2.24, 2.45) is 4.99 Å². The minimum atomic E-state index is 0.888. The molecule has 0 aliphatic rings. The molecule has 0 heterocycles. The molecule has 0 aromatic carbocycles. The summed E-state index contributed by atoms with van der Waals surface area (Å²) in [5, 5.41) is 2.82. The van der Waals surface area contributed by atoms with Crippen molar-refractivity contribution in [3.63, 3.8) is 0 Å². The van der Waals surface area contributed by atoms with Gasteiger partial charge < -0.3 is 5.32 Å². The second-order valence-corrected chi connectivity index (χ2v) is 2.37. The molecule has 0 rings (SSSR count). The van der Waals surface area contributed by atoms with Gasteiger partial charge in [-0.1, -0.05) is 6.58 Å². The molecule has 0 saturated carbocycles. The highest BCUT2D eigenvalue weighted by Crippen LogP contribution is 1.91. The molecule has 9 heavy (non-hydrogen) atoms. The van der Waals surface area contributed by atoms with Gasteiger partial charge in [0.2, 0.25) is 0 Å². The molecule has 0 unspecified atom stereocenters. The molecule has 0 fully saturated rings. The van der Waals surface area contributed by atoms with E-state index in [4.69, 9.17) is 0 Å². The lowest BCUT2D eigenvalue weighted by atomic mass is 10.7. The summed E-state index contributed by atoms with van der Waals surface area (Å²) in [6.07, 6.45) is 5.13. The third-order valence-electron chi connectivity index (χ3n) is 0.608. The van der Waals surface area contributed by atoms with E-state index in [1.165, 1.54) is 0 Å². The largest absolute Gasteiger partial charge is 0.393 e. The quantitative estimate of drug-likeness (QED) is 0.585.